The van der Waals surface area contributed by atoms with Crippen LogP contribution in [-0.2, 0) is 0 Å². The molecule has 1 aliphatic carbocycles. The van der Waals surface area contributed by atoms with E-state index in [1.807, 2.05) is 0 Å². The van der Waals surface area contributed by atoms with Crippen molar-refractivity contribution in [1.82, 2.24) is 6.15 Å². The lowest BCUT2D eigenvalue weighted by atomic mass is 10.2. The summed E-state index contributed by atoms with van der Waals surface area (Å²) >= 11 is 0. The Bertz CT molecular complexity index is 92.5. The Kier molecular flexibility index (Phi) is 8.56. The fraction of sp³-hybridized carbons (Fsp3) is 1.00. The van der Waals surface area contributed by atoms with Crippen molar-refractivity contribution in [1.29, 1.82) is 0 Å². The van der Waals surface area contributed by atoms with Gasteiger partial charge in [-0.2, -0.15) is 0 Å². The summed E-state index contributed by atoms with van der Waals surface area (Å²) in [7, 11) is 0. The summed E-state index contributed by atoms with van der Waals surface area (Å²) in [5, 5.41) is 17.3. The average molecular weight is 184 g/mol. The lowest BCUT2D eigenvalue weighted by Gasteiger charge is -1.93. The number of aliphatic hydroxyl groups excluding tert-OH is 2. The number of unbranched alkanes of at least 4 members (excludes halogenated alkanes) is 1. The van der Waals surface area contributed by atoms with Gasteiger partial charge in [0.05, 0.1) is 6.10 Å². The van der Waals surface area contributed by atoms with Gasteiger partial charge < -0.3 is 16.4 Å². The summed E-state index contributed by atoms with van der Waals surface area (Å²) in [5.74, 6) is 0.566. The van der Waals surface area contributed by atoms with Crippen LogP contribution in [0.1, 0.15) is 25.7 Å². The molecule has 2 atom stereocenters. The van der Waals surface area contributed by atoms with Crippen molar-refractivity contribution >= 4 is 12.4 Å². The quantitative estimate of drug-likeness (QED) is 0.572. The Morgan fingerprint density at radius 3 is 2.18 bits per heavy atom. The van der Waals surface area contributed by atoms with Crippen LogP contribution < -0.4 is 6.15 Å². The van der Waals surface area contributed by atoms with Crippen LogP contribution in [0.3, 0.4) is 0 Å². The predicted octanol–water partition coefficient (Wildman–Crippen LogP) is 1.11. The van der Waals surface area contributed by atoms with Crippen LogP contribution in [0.5, 0.6) is 0 Å². The zero-order chi connectivity index (χ0) is 6.69. The zero-order valence-electron chi connectivity index (χ0n) is 6.70. The van der Waals surface area contributed by atoms with Gasteiger partial charge in [0.25, 0.3) is 0 Å². The molecule has 0 radical (unpaired) electrons. The van der Waals surface area contributed by atoms with Crippen molar-refractivity contribution in [2.45, 2.75) is 31.8 Å². The molecule has 1 fully saturated rings. The molecule has 0 saturated heterocycles. The van der Waals surface area contributed by atoms with Crippen LogP contribution >= 0.6 is 12.4 Å². The van der Waals surface area contributed by atoms with Crippen molar-refractivity contribution in [2.75, 3.05) is 6.61 Å². The van der Waals surface area contributed by atoms with Gasteiger partial charge in [0.1, 0.15) is 0 Å². The molecule has 0 aliphatic heterocycles. The van der Waals surface area contributed by atoms with Crippen molar-refractivity contribution in [2.24, 2.45) is 5.92 Å². The second-order valence-corrected chi connectivity index (χ2v) is 2.78. The van der Waals surface area contributed by atoms with Gasteiger partial charge in [0.15, 0.2) is 0 Å². The van der Waals surface area contributed by atoms with Gasteiger partial charge in [-0.15, -0.1) is 12.4 Å². The van der Waals surface area contributed by atoms with Crippen LogP contribution in [0.4, 0.5) is 0 Å². The van der Waals surface area contributed by atoms with E-state index in [0.29, 0.717) is 12.5 Å². The molecule has 4 heteroatoms. The fourth-order valence-electron chi connectivity index (χ4n) is 1.06. The van der Waals surface area contributed by atoms with E-state index >= 15 is 0 Å². The van der Waals surface area contributed by atoms with E-state index in [1.165, 1.54) is 0 Å². The zero-order valence-corrected chi connectivity index (χ0v) is 7.52. The summed E-state index contributed by atoms with van der Waals surface area (Å²) in [5.41, 5.74) is 0. The lowest BCUT2D eigenvalue weighted by Crippen LogP contribution is -1.88. The number of hydrogen-bond donors (Lipinski definition) is 3. The van der Waals surface area contributed by atoms with Crippen LogP contribution in [0.25, 0.3) is 0 Å². The Morgan fingerprint density at radius 2 is 1.82 bits per heavy atom. The van der Waals surface area contributed by atoms with Gasteiger partial charge in [0.2, 0.25) is 0 Å². The Balaban J connectivity index is 0. The average Bonchev–Trinajstić information content (AvgIpc) is 2.48. The minimum absolute atomic E-state index is 0. The first-order chi connectivity index (χ1) is 4.34. The van der Waals surface area contributed by atoms with E-state index in [1.54, 1.807) is 0 Å². The van der Waals surface area contributed by atoms with Gasteiger partial charge in [0, 0.05) is 6.61 Å². The van der Waals surface area contributed by atoms with Gasteiger partial charge in [-0.05, 0) is 25.2 Å². The second kappa shape index (κ2) is 6.85. The normalized spacial score (nSPS) is 26.7. The smallest absolute Gasteiger partial charge is 0.0573 e. The van der Waals surface area contributed by atoms with Crippen molar-refractivity contribution in [3.63, 3.8) is 0 Å². The molecule has 2 unspecified atom stereocenters. The van der Waals surface area contributed by atoms with Crippen LogP contribution in [0, 0.1) is 5.92 Å². The predicted molar refractivity (Wildman–Crippen MR) is 47.3 cm³/mol. The van der Waals surface area contributed by atoms with Gasteiger partial charge in [-0.3, -0.25) is 0 Å². The van der Waals surface area contributed by atoms with E-state index in [-0.39, 0.29) is 24.7 Å². The first kappa shape index (κ1) is 13.7. The van der Waals surface area contributed by atoms with Crippen LogP contribution in [0.15, 0.2) is 0 Å². The van der Waals surface area contributed by atoms with E-state index in [0.717, 1.165) is 25.7 Å². The van der Waals surface area contributed by atoms with E-state index in [4.69, 9.17) is 10.2 Å². The molecular weight excluding hydrogens is 166 g/mol. The number of halogens is 1. The van der Waals surface area contributed by atoms with Crippen molar-refractivity contribution < 1.29 is 10.2 Å². The number of aliphatic hydroxyl groups is 2. The summed E-state index contributed by atoms with van der Waals surface area (Å²) in [4.78, 5) is 0. The summed E-state index contributed by atoms with van der Waals surface area (Å²) in [6.07, 6.45) is 4.04. The Morgan fingerprint density at radius 1 is 1.27 bits per heavy atom. The highest BCUT2D eigenvalue weighted by molar-refractivity contribution is 5.85. The van der Waals surface area contributed by atoms with E-state index < -0.39 is 0 Å². The van der Waals surface area contributed by atoms with Gasteiger partial charge in [-0.25, -0.2) is 0 Å². The molecule has 5 N–H and O–H groups in total. The topological polar surface area (TPSA) is 75.5 Å². The molecule has 1 aliphatic rings. The molecule has 70 valence electrons. The minimum Gasteiger partial charge on any atom is -0.396 e. The van der Waals surface area contributed by atoms with Gasteiger partial charge in [-0.1, -0.05) is 6.42 Å². The monoisotopic (exact) mass is 183 g/mol. The fourth-order valence-corrected chi connectivity index (χ4v) is 1.06. The minimum atomic E-state index is -0.0105. The van der Waals surface area contributed by atoms with Crippen molar-refractivity contribution in [3.8, 4) is 0 Å². The first-order valence-corrected chi connectivity index (χ1v) is 3.63. The summed E-state index contributed by atoms with van der Waals surface area (Å²) in [6, 6.07) is 0. The standard InChI is InChI=1S/C7H14O2.ClH.H3N/c8-4-2-1-3-6-5-7(6)9;;/h6-9H,1-5H2;1H;1H3. The molecule has 0 bridgehead atoms. The molecule has 0 aromatic heterocycles. The first-order valence-electron chi connectivity index (χ1n) is 3.63. The largest absolute Gasteiger partial charge is 0.396 e. The molecule has 3 nitrogen and oxygen atoms in total. The van der Waals surface area contributed by atoms with Gasteiger partial charge >= 0.3 is 0 Å². The highest BCUT2D eigenvalue weighted by Crippen LogP contribution is 2.34. The summed E-state index contributed by atoms with van der Waals surface area (Å²) in [6.45, 7) is 0.294. The molecule has 11 heavy (non-hydrogen) atoms. The van der Waals surface area contributed by atoms with Crippen LogP contribution in [-0.4, -0.2) is 22.9 Å². The molecule has 0 amide bonds. The molecule has 1 saturated carbocycles. The van der Waals surface area contributed by atoms with Crippen molar-refractivity contribution in [3.05, 3.63) is 0 Å². The number of rotatable bonds is 4. The molecular formula is C7H18ClNO2. The Labute approximate surface area is 73.8 Å². The summed E-state index contributed by atoms with van der Waals surface area (Å²) < 4.78 is 0. The third-order valence-electron chi connectivity index (χ3n) is 1.87. The van der Waals surface area contributed by atoms with E-state index in [2.05, 4.69) is 0 Å². The molecule has 0 heterocycles. The SMILES string of the molecule is Cl.N.OCCCCC1CC1O. The maximum atomic E-state index is 8.86. The lowest BCUT2D eigenvalue weighted by molar-refractivity contribution is 0.249. The Hall–Kier alpha value is 0.170. The highest BCUT2D eigenvalue weighted by atomic mass is 35.5. The molecule has 1 rings (SSSR count). The molecule has 0 aromatic rings. The number of hydrogen-bond acceptors (Lipinski definition) is 3. The maximum Gasteiger partial charge on any atom is 0.0573 e. The maximum absolute atomic E-state index is 8.86. The molecule has 0 spiro atoms. The van der Waals surface area contributed by atoms with Crippen LogP contribution in [0.2, 0.25) is 0 Å². The third-order valence-corrected chi connectivity index (χ3v) is 1.87. The third kappa shape index (κ3) is 5.44. The highest BCUT2D eigenvalue weighted by Gasteiger charge is 2.33. The second-order valence-electron chi connectivity index (χ2n) is 2.78. The molecule has 0 aromatic carbocycles. The van der Waals surface area contributed by atoms with E-state index in [9.17, 15) is 0 Å².